The lowest BCUT2D eigenvalue weighted by molar-refractivity contribution is -0.117. The molecule has 0 bridgehead atoms. The molecule has 25 heavy (non-hydrogen) atoms. The first-order valence-electron chi connectivity index (χ1n) is 8.67. The van der Waals surface area contributed by atoms with E-state index in [9.17, 15) is 4.79 Å². The van der Waals surface area contributed by atoms with Gasteiger partial charge in [0, 0.05) is 18.1 Å². The molecule has 0 aromatic heterocycles. The van der Waals surface area contributed by atoms with Crippen molar-refractivity contribution >= 4 is 12.0 Å². The molecule has 130 valence electrons. The van der Waals surface area contributed by atoms with Gasteiger partial charge in [-0.2, -0.15) is 0 Å². The molecule has 0 unspecified atom stereocenters. The van der Waals surface area contributed by atoms with E-state index in [0.29, 0.717) is 0 Å². The first-order valence-corrected chi connectivity index (χ1v) is 8.67. The van der Waals surface area contributed by atoms with Crippen LogP contribution in [0.25, 0.3) is 6.08 Å². The summed E-state index contributed by atoms with van der Waals surface area (Å²) in [6.45, 7) is 8.21. The molecule has 0 fully saturated rings. The molecule has 3 nitrogen and oxygen atoms in total. The van der Waals surface area contributed by atoms with E-state index in [1.54, 1.807) is 6.08 Å². The van der Waals surface area contributed by atoms with E-state index in [4.69, 9.17) is 4.74 Å². The zero-order chi connectivity index (χ0) is 18.0. The van der Waals surface area contributed by atoms with Gasteiger partial charge in [0.15, 0.2) is 0 Å². The van der Waals surface area contributed by atoms with Crippen LogP contribution in [-0.4, -0.2) is 11.5 Å². The third-order valence-electron chi connectivity index (χ3n) is 4.44. The highest BCUT2D eigenvalue weighted by atomic mass is 16.5. The molecule has 3 rings (SSSR count). The molecule has 0 saturated carbocycles. The molecule has 0 saturated heterocycles. The zero-order valence-corrected chi connectivity index (χ0v) is 15.3. The second kappa shape index (κ2) is 6.75. The molecule has 1 atom stereocenters. The quantitative estimate of drug-likeness (QED) is 0.823. The van der Waals surface area contributed by atoms with E-state index < -0.39 is 0 Å². The van der Waals surface area contributed by atoms with Gasteiger partial charge in [0.1, 0.15) is 11.4 Å². The van der Waals surface area contributed by atoms with Gasteiger partial charge in [-0.15, -0.1) is 0 Å². The highest BCUT2D eigenvalue weighted by Crippen LogP contribution is 2.39. The standard InChI is InChI=1S/C22H25NO2/c1-15-5-8-17(9-6-15)10-12-21(24)23-19-14-22(3,4)25-20-11-7-16(2)13-18(19)20/h5-13,19H,14H2,1-4H3,(H,23,24)/b12-10+/t19-/m0/s1. The van der Waals surface area contributed by atoms with Crippen molar-refractivity contribution in [3.63, 3.8) is 0 Å². The molecule has 1 aliphatic heterocycles. The van der Waals surface area contributed by atoms with Crippen LogP contribution >= 0.6 is 0 Å². The third-order valence-corrected chi connectivity index (χ3v) is 4.44. The number of amides is 1. The maximum absolute atomic E-state index is 12.4. The third kappa shape index (κ3) is 4.30. The van der Waals surface area contributed by atoms with E-state index in [2.05, 4.69) is 32.2 Å². The summed E-state index contributed by atoms with van der Waals surface area (Å²) in [5.41, 5.74) is 4.14. The summed E-state index contributed by atoms with van der Waals surface area (Å²) in [5.74, 6) is 0.769. The molecule has 0 spiro atoms. The number of ether oxygens (including phenoxy) is 1. The fraction of sp³-hybridized carbons (Fsp3) is 0.318. The maximum Gasteiger partial charge on any atom is 0.244 e. The van der Waals surface area contributed by atoms with Crippen LogP contribution in [0.4, 0.5) is 0 Å². The van der Waals surface area contributed by atoms with Crippen LogP contribution in [0.2, 0.25) is 0 Å². The molecular weight excluding hydrogens is 310 g/mol. The van der Waals surface area contributed by atoms with Crippen LogP contribution in [0.5, 0.6) is 5.75 Å². The lowest BCUT2D eigenvalue weighted by atomic mass is 9.89. The van der Waals surface area contributed by atoms with Gasteiger partial charge < -0.3 is 10.1 Å². The van der Waals surface area contributed by atoms with Gasteiger partial charge >= 0.3 is 0 Å². The van der Waals surface area contributed by atoms with E-state index in [-0.39, 0.29) is 17.6 Å². The summed E-state index contributed by atoms with van der Waals surface area (Å²) in [6, 6.07) is 14.2. The van der Waals surface area contributed by atoms with Gasteiger partial charge in [-0.25, -0.2) is 0 Å². The highest BCUT2D eigenvalue weighted by Gasteiger charge is 2.34. The Labute approximate surface area is 149 Å². The summed E-state index contributed by atoms with van der Waals surface area (Å²) >= 11 is 0. The van der Waals surface area contributed by atoms with Crippen LogP contribution < -0.4 is 10.1 Å². The van der Waals surface area contributed by atoms with E-state index in [0.717, 1.165) is 28.9 Å². The SMILES string of the molecule is Cc1ccc(/C=C/C(=O)N[C@H]2CC(C)(C)Oc3ccc(C)cc32)cc1. The Kier molecular flexibility index (Phi) is 4.67. The van der Waals surface area contributed by atoms with E-state index in [1.165, 1.54) is 5.56 Å². The van der Waals surface area contributed by atoms with Crippen molar-refractivity contribution in [3.05, 3.63) is 70.8 Å². The number of aryl methyl sites for hydroxylation is 2. The van der Waals surface area contributed by atoms with Crippen LogP contribution in [0.1, 0.15) is 48.6 Å². The maximum atomic E-state index is 12.4. The molecule has 3 heteroatoms. The second-order valence-corrected chi connectivity index (χ2v) is 7.41. The van der Waals surface area contributed by atoms with Crippen molar-refractivity contribution in [1.29, 1.82) is 0 Å². The number of fused-ring (bicyclic) bond motifs is 1. The zero-order valence-electron chi connectivity index (χ0n) is 15.3. The Morgan fingerprint density at radius 1 is 1.12 bits per heavy atom. The molecule has 0 aliphatic carbocycles. The predicted molar refractivity (Wildman–Crippen MR) is 102 cm³/mol. The number of carbonyl (C=O) groups excluding carboxylic acids is 1. The highest BCUT2D eigenvalue weighted by molar-refractivity contribution is 5.92. The number of nitrogens with one attached hydrogen (secondary N) is 1. The molecule has 1 N–H and O–H groups in total. The fourth-order valence-electron chi connectivity index (χ4n) is 3.17. The topological polar surface area (TPSA) is 38.3 Å². The van der Waals surface area contributed by atoms with E-state index >= 15 is 0 Å². The van der Waals surface area contributed by atoms with Crippen molar-refractivity contribution in [2.45, 2.75) is 45.8 Å². The number of hydrogen-bond acceptors (Lipinski definition) is 2. The Bertz CT molecular complexity index is 803. The van der Waals surface area contributed by atoms with Crippen LogP contribution in [0, 0.1) is 13.8 Å². The molecule has 1 heterocycles. The second-order valence-electron chi connectivity index (χ2n) is 7.41. The van der Waals surface area contributed by atoms with Gasteiger partial charge in [0.05, 0.1) is 6.04 Å². The lowest BCUT2D eigenvalue weighted by Gasteiger charge is -2.38. The number of hydrogen-bond donors (Lipinski definition) is 1. The molecular formula is C22H25NO2. The van der Waals surface area contributed by atoms with Gasteiger partial charge in [0.25, 0.3) is 0 Å². The van der Waals surface area contributed by atoms with Gasteiger partial charge in [-0.3, -0.25) is 4.79 Å². The minimum absolute atomic E-state index is 0.0474. The molecule has 2 aromatic carbocycles. The normalized spacial score (nSPS) is 18.5. The molecule has 0 radical (unpaired) electrons. The summed E-state index contributed by atoms with van der Waals surface area (Å²) < 4.78 is 6.06. The van der Waals surface area contributed by atoms with Crippen LogP contribution in [0.15, 0.2) is 48.5 Å². The molecule has 1 amide bonds. The van der Waals surface area contributed by atoms with Crippen LogP contribution in [-0.2, 0) is 4.79 Å². The largest absolute Gasteiger partial charge is 0.487 e. The van der Waals surface area contributed by atoms with Gasteiger partial charge in [0.2, 0.25) is 5.91 Å². The summed E-state index contributed by atoms with van der Waals surface area (Å²) in [6.07, 6.45) is 4.19. The Hall–Kier alpha value is -2.55. The first kappa shape index (κ1) is 17.3. The molecule has 1 aliphatic rings. The van der Waals surface area contributed by atoms with Crippen LogP contribution in [0.3, 0.4) is 0 Å². The van der Waals surface area contributed by atoms with E-state index in [1.807, 2.05) is 49.4 Å². The Morgan fingerprint density at radius 3 is 2.52 bits per heavy atom. The smallest absolute Gasteiger partial charge is 0.244 e. The number of rotatable bonds is 3. The fourth-order valence-corrected chi connectivity index (χ4v) is 3.17. The summed E-state index contributed by atoms with van der Waals surface area (Å²) in [5, 5.41) is 3.13. The monoisotopic (exact) mass is 335 g/mol. The van der Waals surface area contributed by atoms with Gasteiger partial charge in [-0.05, 0) is 45.4 Å². The lowest BCUT2D eigenvalue weighted by Crippen LogP contribution is -2.41. The minimum Gasteiger partial charge on any atom is -0.487 e. The summed E-state index contributed by atoms with van der Waals surface area (Å²) in [7, 11) is 0. The van der Waals surface area contributed by atoms with Crippen molar-refractivity contribution in [3.8, 4) is 5.75 Å². The Balaban J connectivity index is 1.76. The molecule has 2 aromatic rings. The summed E-state index contributed by atoms with van der Waals surface area (Å²) in [4.78, 5) is 12.4. The van der Waals surface area contributed by atoms with Gasteiger partial charge in [-0.1, -0.05) is 47.5 Å². The van der Waals surface area contributed by atoms with Crippen molar-refractivity contribution in [2.24, 2.45) is 0 Å². The van der Waals surface area contributed by atoms with Crippen molar-refractivity contribution in [2.75, 3.05) is 0 Å². The average molecular weight is 335 g/mol. The van der Waals surface area contributed by atoms with Crippen molar-refractivity contribution in [1.82, 2.24) is 5.32 Å². The predicted octanol–water partition coefficient (Wildman–Crippen LogP) is 4.74. The number of carbonyl (C=O) groups is 1. The number of benzene rings is 2. The van der Waals surface area contributed by atoms with Crippen molar-refractivity contribution < 1.29 is 9.53 Å². The Morgan fingerprint density at radius 2 is 1.80 bits per heavy atom. The first-order chi connectivity index (χ1) is 11.8. The average Bonchev–Trinajstić information content (AvgIpc) is 2.54. The minimum atomic E-state index is -0.305.